The molecule has 2 aromatic heterocycles. The smallest absolute Gasteiger partial charge is 0.104 e. The summed E-state index contributed by atoms with van der Waals surface area (Å²) in [6, 6.07) is 58.1. The number of nitriles is 1. The number of rotatable bonds is 7. The molecule has 2 heterocycles. The summed E-state index contributed by atoms with van der Waals surface area (Å²) in [5.41, 5.74) is 12.8. The Kier molecular flexibility index (Phi) is 7.88. The van der Waals surface area contributed by atoms with E-state index in [-0.39, 0.29) is 0 Å². The van der Waals surface area contributed by atoms with E-state index in [9.17, 15) is 5.26 Å². The lowest BCUT2D eigenvalue weighted by Gasteiger charge is -2.19. The van der Waals surface area contributed by atoms with Gasteiger partial charge in [-0.15, -0.1) is 0 Å². The largest absolute Gasteiger partial charge is 0.308 e. The predicted octanol–water partition coefficient (Wildman–Crippen LogP) is 12.7. The van der Waals surface area contributed by atoms with Crippen LogP contribution in [0.4, 0.5) is 0 Å². The van der Waals surface area contributed by atoms with Crippen LogP contribution in [-0.4, -0.2) is 15.9 Å². The predicted molar refractivity (Wildman–Crippen MR) is 223 cm³/mol. The van der Waals surface area contributed by atoms with E-state index < -0.39 is 0 Å². The number of para-hydroxylation sites is 2. The third-order valence-corrected chi connectivity index (χ3v) is 10.3. The zero-order valence-corrected chi connectivity index (χ0v) is 29.2. The van der Waals surface area contributed by atoms with Crippen LogP contribution in [0.3, 0.4) is 0 Å². The average molecular weight is 679 g/mol. The van der Waals surface area contributed by atoms with E-state index in [4.69, 9.17) is 0 Å². The molecule has 0 aliphatic heterocycles. The van der Waals surface area contributed by atoms with Crippen LogP contribution >= 0.6 is 0 Å². The topological polar surface area (TPSA) is 46.0 Å². The maximum Gasteiger partial charge on any atom is 0.104 e. The van der Waals surface area contributed by atoms with Crippen LogP contribution in [0.2, 0.25) is 0 Å². The van der Waals surface area contributed by atoms with Gasteiger partial charge in [0.2, 0.25) is 0 Å². The van der Waals surface area contributed by atoms with E-state index >= 15 is 0 Å². The molecule has 0 unspecified atom stereocenters. The van der Waals surface area contributed by atoms with Crippen molar-refractivity contribution in [2.45, 2.75) is 6.92 Å². The zero-order chi connectivity index (χ0) is 35.9. The van der Waals surface area contributed by atoms with Crippen LogP contribution in [-0.2, 0) is 0 Å². The van der Waals surface area contributed by atoms with Gasteiger partial charge in [0.25, 0.3) is 0 Å². The molecule has 0 fully saturated rings. The van der Waals surface area contributed by atoms with Gasteiger partial charge in [0.15, 0.2) is 0 Å². The molecule has 0 bridgehead atoms. The highest BCUT2D eigenvalue weighted by molar-refractivity contribution is 6.12. The fourth-order valence-corrected chi connectivity index (χ4v) is 7.82. The lowest BCUT2D eigenvalue weighted by atomic mass is 9.99. The van der Waals surface area contributed by atoms with E-state index in [2.05, 4.69) is 179 Å². The molecule has 9 rings (SSSR count). The molecule has 0 N–H and O–H groups in total. The van der Waals surface area contributed by atoms with Crippen molar-refractivity contribution in [3.05, 3.63) is 187 Å². The number of allylic oxidation sites excluding steroid dienone is 3. The van der Waals surface area contributed by atoms with Crippen LogP contribution < -0.4 is 0 Å². The van der Waals surface area contributed by atoms with Gasteiger partial charge >= 0.3 is 0 Å². The molecule has 4 nitrogen and oxygen atoms in total. The Hall–Kier alpha value is -7.22. The summed E-state index contributed by atoms with van der Waals surface area (Å²) in [6.45, 7) is 5.72. The maximum atomic E-state index is 11.3. The van der Waals surface area contributed by atoms with Crippen molar-refractivity contribution >= 4 is 55.9 Å². The van der Waals surface area contributed by atoms with Crippen LogP contribution in [0.15, 0.2) is 181 Å². The second-order valence-electron chi connectivity index (χ2n) is 13.1. The maximum absolute atomic E-state index is 11.3. The Labute approximate surface area is 308 Å². The number of fused-ring (bicyclic) bond motifs is 6. The molecule has 9 aromatic rings. The first kappa shape index (κ1) is 31.7. The third-order valence-electron chi connectivity index (χ3n) is 10.3. The molecule has 7 aromatic carbocycles. The highest BCUT2D eigenvalue weighted by Gasteiger charge is 2.23. The molecule has 0 saturated carbocycles. The molecule has 0 amide bonds. The number of hydrogen-bond donors (Lipinski definition) is 0. The minimum Gasteiger partial charge on any atom is -0.308 e. The third kappa shape index (κ3) is 5.26. The Morgan fingerprint density at radius 3 is 1.45 bits per heavy atom. The number of aliphatic imine (C=N–C) groups is 1. The minimum absolute atomic E-state index is 0.579. The molecule has 4 heteroatoms. The zero-order valence-electron chi connectivity index (χ0n) is 29.2. The highest BCUT2D eigenvalue weighted by atomic mass is 15.0. The summed E-state index contributed by atoms with van der Waals surface area (Å²) in [4.78, 5) is 4.03. The van der Waals surface area contributed by atoms with Gasteiger partial charge in [-0.05, 0) is 89.5 Å². The highest BCUT2D eigenvalue weighted by Crippen LogP contribution is 2.41. The van der Waals surface area contributed by atoms with Crippen molar-refractivity contribution in [2.75, 3.05) is 0 Å². The van der Waals surface area contributed by atoms with Crippen molar-refractivity contribution < 1.29 is 0 Å². The number of benzene rings is 7. The second-order valence-corrected chi connectivity index (χ2v) is 13.1. The lowest BCUT2D eigenvalue weighted by molar-refractivity contribution is 1.11. The quantitative estimate of drug-likeness (QED) is 0.122. The van der Waals surface area contributed by atoms with Crippen LogP contribution in [0.5, 0.6) is 0 Å². The number of hydrogen-bond acceptors (Lipinski definition) is 2. The Morgan fingerprint density at radius 2 is 1.00 bits per heavy atom. The first-order valence-electron chi connectivity index (χ1n) is 17.7. The normalized spacial score (nSPS) is 12.0. The molecule has 0 aliphatic carbocycles. The lowest BCUT2D eigenvalue weighted by Crippen LogP contribution is -2.06. The summed E-state index contributed by atoms with van der Waals surface area (Å²) in [6.07, 6.45) is 5.77. The standard InChI is InChI=1S/C49H34N4/c1-3-33(26-27-51-2)38-30-48(52-44-20-12-10-18-39(44)41-24-22-36(28-46(41)52)34-14-6-4-7-15-34)43(32-50)49(31-38)53-45-21-13-11-19-40(45)42-25-23-37(29-47(42)53)35-16-8-5-9-17-35/h3-31H,2H2,1H3/b27-26-,33-3+. The molecule has 0 atom stereocenters. The monoisotopic (exact) mass is 678 g/mol. The van der Waals surface area contributed by atoms with E-state index in [0.717, 1.165) is 88.4 Å². The van der Waals surface area contributed by atoms with Gasteiger partial charge in [-0.25, -0.2) is 0 Å². The Morgan fingerprint density at radius 1 is 0.547 bits per heavy atom. The van der Waals surface area contributed by atoms with Gasteiger partial charge in [0.1, 0.15) is 11.6 Å². The van der Waals surface area contributed by atoms with Crippen LogP contribution in [0, 0.1) is 11.3 Å². The van der Waals surface area contributed by atoms with Gasteiger partial charge in [-0.2, -0.15) is 5.26 Å². The van der Waals surface area contributed by atoms with Crippen molar-refractivity contribution in [1.82, 2.24) is 9.13 Å². The molecule has 250 valence electrons. The average Bonchev–Trinajstić information content (AvgIpc) is 3.73. The van der Waals surface area contributed by atoms with Crippen molar-refractivity contribution in [3.63, 3.8) is 0 Å². The molecular formula is C49H34N4. The molecule has 53 heavy (non-hydrogen) atoms. The van der Waals surface area contributed by atoms with Crippen molar-refractivity contribution in [2.24, 2.45) is 4.99 Å². The van der Waals surface area contributed by atoms with E-state index in [0.29, 0.717) is 5.56 Å². The first-order chi connectivity index (χ1) is 26.2. The Balaban J connectivity index is 1.43. The van der Waals surface area contributed by atoms with E-state index in [1.807, 2.05) is 25.1 Å². The van der Waals surface area contributed by atoms with Crippen LogP contribution in [0.1, 0.15) is 18.1 Å². The first-order valence-corrected chi connectivity index (χ1v) is 17.7. The molecule has 0 radical (unpaired) electrons. The van der Waals surface area contributed by atoms with E-state index in [1.54, 1.807) is 6.20 Å². The van der Waals surface area contributed by atoms with Gasteiger partial charge < -0.3 is 9.13 Å². The van der Waals surface area contributed by atoms with Crippen molar-refractivity contribution in [3.8, 4) is 39.7 Å². The van der Waals surface area contributed by atoms with Gasteiger partial charge in [0.05, 0.1) is 33.4 Å². The van der Waals surface area contributed by atoms with Gasteiger partial charge in [-0.1, -0.05) is 127 Å². The molecule has 0 spiro atoms. The number of nitrogens with zero attached hydrogens (tertiary/aromatic N) is 4. The fraction of sp³-hybridized carbons (Fsp3) is 0.0204. The summed E-state index contributed by atoms with van der Waals surface area (Å²) in [7, 11) is 0. The number of aromatic nitrogens is 2. The van der Waals surface area contributed by atoms with Gasteiger partial charge in [-0.3, -0.25) is 4.99 Å². The molecule has 0 aliphatic rings. The fourth-order valence-electron chi connectivity index (χ4n) is 7.82. The molecule has 0 saturated heterocycles. The summed E-state index contributed by atoms with van der Waals surface area (Å²) in [5, 5.41) is 15.9. The van der Waals surface area contributed by atoms with E-state index in [1.165, 1.54) is 0 Å². The Bertz CT molecular complexity index is 2790. The summed E-state index contributed by atoms with van der Waals surface area (Å²) in [5.74, 6) is 0. The second kappa shape index (κ2) is 13.2. The molecular weight excluding hydrogens is 645 g/mol. The van der Waals surface area contributed by atoms with Crippen LogP contribution in [0.25, 0.3) is 82.8 Å². The summed E-state index contributed by atoms with van der Waals surface area (Å²) >= 11 is 0. The van der Waals surface area contributed by atoms with Gasteiger partial charge in [0, 0.05) is 27.7 Å². The summed E-state index contributed by atoms with van der Waals surface area (Å²) < 4.78 is 4.55. The minimum atomic E-state index is 0.579. The van der Waals surface area contributed by atoms with Crippen molar-refractivity contribution in [1.29, 1.82) is 5.26 Å². The SMILES string of the molecule is C=N/C=C\C(=C/C)c1cc(-n2c3ccccc3c3ccc(-c4ccccc4)cc32)c(C#N)c(-n2c3ccccc3c3ccc(-c4ccccc4)cc32)c1.